The SMILES string of the molecule is CCOC(=O)N1CCN(C(=O)C(C)n2cc(NC(=S)NC(C)C)c(C)n2)CC1. The van der Waals surface area contributed by atoms with E-state index in [1.807, 2.05) is 27.7 Å². The first-order valence-corrected chi connectivity index (χ1v) is 9.97. The monoisotopic (exact) mass is 410 g/mol. The highest BCUT2D eigenvalue weighted by atomic mass is 32.1. The molecule has 1 fully saturated rings. The predicted octanol–water partition coefficient (Wildman–Crippen LogP) is 1.75. The normalized spacial score (nSPS) is 15.4. The summed E-state index contributed by atoms with van der Waals surface area (Å²) in [5.74, 6) is -0.0274. The first kappa shape index (κ1) is 21.9. The number of thiocarbonyl (C=S) groups is 1. The van der Waals surface area contributed by atoms with E-state index in [-0.39, 0.29) is 18.0 Å². The Morgan fingerprint density at radius 2 is 1.82 bits per heavy atom. The average Bonchev–Trinajstić information content (AvgIpc) is 3.00. The van der Waals surface area contributed by atoms with Crippen LogP contribution in [0.2, 0.25) is 0 Å². The number of piperazine rings is 1. The molecule has 1 aromatic heterocycles. The summed E-state index contributed by atoms with van der Waals surface area (Å²) in [6.07, 6.45) is 1.47. The molecule has 28 heavy (non-hydrogen) atoms. The second-order valence-corrected chi connectivity index (χ2v) is 7.46. The summed E-state index contributed by atoms with van der Waals surface area (Å²) in [4.78, 5) is 28.0. The van der Waals surface area contributed by atoms with Crippen LogP contribution in [0.25, 0.3) is 0 Å². The molecular formula is C18H30N6O3S. The van der Waals surface area contributed by atoms with E-state index >= 15 is 0 Å². The summed E-state index contributed by atoms with van der Waals surface area (Å²) in [5.41, 5.74) is 1.53. The van der Waals surface area contributed by atoms with Crippen LogP contribution in [0.4, 0.5) is 10.5 Å². The number of rotatable bonds is 5. The maximum atomic E-state index is 12.9. The van der Waals surface area contributed by atoms with Gasteiger partial charge >= 0.3 is 6.09 Å². The van der Waals surface area contributed by atoms with Gasteiger partial charge in [0.2, 0.25) is 5.91 Å². The van der Waals surface area contributed by atoms with Crippen molar-refractivity contribution in [3.05, 3.63) is 11.9 Å². The zero-order valence-electron chi connectivity index (χ0n) is 17.2. The van der Waals surface area contributed by atoms with Gasteiger partial charge in [0.05, 0.1) is 18.0 Å². The van der Waals surface area contributed by atoms with E-state index in [1.165, 1.54) is 0 Å². The number of nitrogens with zero attached hydrogens (tertiary/aromatic N) is 4. The fraction of sp³-hybridized carbons (Fsp3) is 0.667. The number of hydrogen-bond donors (Lipinski definition) is 2. The lowest BCUT2D eigenvalue weighted by Gasteiger charge is -2.35. The lowest BCUT2D eigenvalue weighted by molar-refractivity contribution is -0.136. The standard InChI is InChI=1S/C18H30N6O3S/c1-6-27-18(26)23-9-7-22(8-10-23)16(25)14(5)24-11-15(13(4)21-24)20-17(28)19-12(2)3/h11-12,14H,6-10H2,1-5H3,(H2,19,20,28). The summed E-state index contributed by atoms with van der Waals surface area (Å²) in [5, 5.41) is 11.2. The van der Waals surface area contributed by atoms with Crippen LogP contribution in [0.5, 0.6) is 0 Å². The van der Waals surface area contributed by atoms with Gasteiger partial charge in [-0.15, -0.1) is 0 Å². The number of hydrogen-bond acceptors (Lipinski definition) is 5. The first-order valence-electron chi connectivity index (χ1n) is 9.56. The molecule has 10 heteroatoms. The summed E-state index contributed by atoms with van der Waals surface area (Å²) < 4.78 is 6.66. The van der Waals surface area contributed by atoms with Gasteiger partial charge < -0.3 is 25.2 Å². The van der Waals surface area contributed by atoms with Gasteiger partial charge in [0.15, 0.2) is 5.11 Å². The van der Waals surface area contributed by atoms with Gasteiger partial charge in [0.25, 0.3) is 0 Å². The van der Waals surface area contributed by atoms with Crippen LogP contribution in [0, 0.1) is 6.92 Å². The number of aromatic nitrogens is 2. The molecule has 0 saturated carbocycles. The van der Waals surface area contributed by atoms with Gasteiger partial charge in [-0.05, 0) is 46.8 Å². The largest absolute Gasteiger partial charge is 0.450 e. The number of ether oxygens (including phenoxy) is 1. The summed E-state index contributed by atoms with van der Waals surface area (Å²) >= 11 is 5.27. The third kappa shape index (κ3) is 5.57. The van der Waals surface area contributed by atoms with Gasteiger partial charge in [-0.3, -0.25) is 9.48 Å². The summed E-state index contributed by atoms with van der Waals surface area (Å²) in [7, 11) is 0. The van der Waals surface area contributed by atoms with Crippen LogP contribution in [-0.4, -0.2) is 75.5 Å². The zero-order chi connectivity index (χ0) is 20.8. The number of carbonyl (C=O) groups excluding carboxylic acids is 2. The maximum absolute atomic E-state index is 12.9. The van der Waals surface area contributed by atoms with Crippen molar-refractivity contribution < 1.29 is 14.3 Å². The number of nitrogens with one attached hydrogen (secondary N) is 2. The molecule has 2 N–H and O–H groups in total. The smallest absolute Gasteiger partial charge is 0.409 e. The van der Waals surface area contributed by atoms with Crippen molar-refractivity contribution >= 4 is 35.0 Å². The van der Waals surface area contributed by atoms with E-state index in [0.29, 0.717) is 37.9 Å². The van der Waals surface area contributed by atoms with E-state index in [1.54, 1.807) is 27.6 Å². The fourth-order valence-electron chi connectivity index (χ4n) is 2.92. The fourth-order valence-corrected chi connectivity index (χ4v) is 3.27. The number of anilines is 1. The molecule has 0 radical (unpaired) electrons. The van der Waals surface area contributed by atoms with E-state index in [2.05, 4.69) is 15.7 Å². The Hall–Kier alpha value is -2.36. The predicted molar refractivity (Wildman–Crippen MR) is 111 cm³/mol. The van der Waals surface area contributed by atoms with Crippen molar-refractivity contribution in [2.45, 2.75) is 46.7 Å². The van der Waals surface area contributed by atoms with E-state index < -0.39 is 6.04 Å². The van der Waals surface area contributed by atoms with E-state index in [0.717, 1.165) is 11.4 Å². The minimum absolute atomic E-state index is 0.0274. The molecule has 9 nitrogen and oxygen atoms in total. The molecule has 1 unspecified atom stereocenters. The Morgan fingerprint density at radius 3 is 2.39 bits per heavy atom. The zero-order valence-corrected chi connectivity index (χ0v) is 18.0. The molecule has 156 valence electrons. The number of carbonyl (C=O) groups is 2. The molecule has 1 atom stereocenters. The van der Waals surface area contributed by atoms with E-state index in [9.17, 15) is 9.59 Å². The third-order valence-corrected chi connectivity index (χ3v) is 4.68. The van der Waals surface area contributed by atoms with Crippen LogP contribution in [0.3, 0.4) is 0 Å². The number of amides is 2. The minimum Gasteiger partial charge on any atom is -0.450 e. The van der Waals surface area contributed by atoms with Gasteiger partial charge in [-0.25, -0.2) is 4.79 Å². The lowest BCUT2D eigenvalue weighted by atomic mass is 10.2. The first-order chi connectivity index (χ1) is 13.2. The van der Waals surface area contributed by atoms with Crippen molar-refractivity contribution in [3.63, 3.8) is 0 Å². The highest BCUT2D eigenvalue weighted by Crippen LogP contribution is 2.18. The van der Waals surface area contributed by atoms with E-state index in [4.69, 9.17) is 17.0 Å². The molecular weight excluding hydrogens is 380 g/mol. The molecule has 0 bridgehead atoms. The molecule has 2 amide bonds. The second kappa shape index (κ2) is 9.72. The van der Waals surface area contributed by atoms with Crippen LogP contribution in [-0.2, 0) is 9.53 Å². The Bertz CT molecular complexity index is 712. The van der Waals surface area contributed by atoms with Crippen LogP contribution < -0.4 is 10.6 Å². The molecule has 0 aliphatic carbocycles. The van der Waals surface area contributed by atoms with Crippen LogP contribution >= 0.6 is 12.2 Å². The van der Waals surface area contributed by atoms with Crippen molar-refractivity contribution in [1.29, 1.82) is 0 Å². The topological polar surface area (TPSA) is 91.7 Å². The highest BCUT2D eigenvalue weighted by molar-refractivity contribution is 7.80. The van der Waals surface area contributed by atoms with Crippen LogP contribution in [0.15, 0.2) is 6.20 Å². The quantitative estimate of drug-likeness (QED) is 0.715. The van der Waals surface area contributed by atoms with Crippen molar-refractivity contribution in [2.24, 2.45) is 0 Å². The molecule has 1 aliphatic heterocycles. The van der Waals surface area contributed by atoms with Gasteiger partial charge in [-0.2, -0.15) is 5.10 Å². The summed E-state index contributed by atoms with van der Waals surface area (Å²) in [6.45, 7) is 11.7. The van der Waals surface area contributed by atoms with Gasteiger partial charge in [0.1, 0.15) is 6.04 Å². The van der Waals surface area contributed by atoms with Crippen molar-refractivity contribution in [3.8, 4) is 0 Å². The maximum Gasteiger partial charge on any atom is 0.409 e. The highest BCUT2D eigenvalue weighted by Gasteiger charge is 2.28. The molecule has 0 aromatic carbocycles. The lowest BCUT2D eigenvalue weighted by Crippen LogP contribution is -2.52. The Morgan fingerprint density at radius 1 is 1.21 bits per heavy atom. The summed E-state index contributed by atoms with van der Waals surface area (Å²) in [6, 6.07) is -0.223. The van der Waals surface area contributed by atoms with Crippen molar-refractivity contribution in [1.82, 2.24) is 24.9 Å². The molecule has 2 rings (SSSR count). The van der Waals surface area contributed by atoms with Crippen LogP contribution in [0.1, 0.15) is 39.4 Å². The Kier molecular flexibility index (Phi) is 7.61. The molecule has 1 aliphatic rings. The molecule has 2 heterocycles. The van der Waals surface area contributed by atoms with Gasteiger partial charge in [-0.1, -0.05) is 0 Å². The molecule has 1 saturated heterocycles. The van der Waals surface area contributed by atoms with Gasteiger partial charge in [0, 0.05) is 38.4 Å². The number of aryl methyl sites for hydroxylation is 1. The second-order valence-electron chi connectivity index (χ2n) is 7.05. The molecule has 0 spiro atoms. The minimum atomic E-state index is -0.449. The molecule has 1 aromatic rings. The third-order valence-electron chi connectivity index (χ3n) is 4.46. The average molecular weight is 411 g/mol. The Labute approximate surface area is 171 Å². The van der Waals surface area contributed by atoms with Crippen molar-refractivity contribution in [2.75, 3.05) is 38.1 Å². The Balaban J connectivity index is 1.96.